The molecule has 13 heavy (non-hydrogen) atoms. The molecule has 0 saturated carbocycles. The van der Waals surface area contributed by atoms with Crippen molar-refractivity contribution in [3.05, 3.63) is 28.2 Å². The molecule has 0 bridgehead atoms. The topological polar surface area (TPSA) is 29.5 Å². The van der Waals surface area contributed by atoms with E-state index in [1.165, 1.54) is 0 Å². The second kappa shape index (κ2) is 4.63. The monoisotopic (exact) mass is 244 g/mol. The minimum Gasteiger partial charge on any atom is -0.496 e. The van der Waals surface area contributed by atoms with Gasteiger partial charge in [0.05, 0.1) is 13.2 Å². The van der Waals surface area contributed by atoms with Gasteiger partial charge in [0, 0.05) is 10.9 Å². The second-order valence-electron chi connectivity index (χ2n) is 3.01. The first-order valence-electron chi connectivity index (χ1n) is 4.14. The molecule has 0 heterocycles. The van der Waals surface area contributed by atoms with Crippen molar-refractivity contribution in [2.45, 2.75) is 19.4 Å². The van der Waals surface area contributed by atoms with Crippen LogP contribution in [0.5, 0.6) is 5.75 Å². The first kappa shape index (κ1) is 10.5. The van der Waals surface area contributed by atoms with Gasteiger partial charge in [0.25, 0.3) is 0 Å². The van der Waals surface area contributed by atoms with Crippen LogP contribution in [0.25, 0.3) is 0 Å². The van der Waals surface area contributed by atoms with Crippen LogP contribution in [0, 0.1) is 0 Å². The third-order valence-corrected chi connectivity index (χ3v) is 2.26. The van der Waals surface area contributed by atoms with Gasteiger partial charge >= 0.3 is 0 Å². The van der Waals surface area contributed by atoms with E-state index < -0.39 is 0 Å². The Morgan fingerprint density at radius 3 is 2.77 bits per heavy atom. The number of benzene rings is 1. The zero-order chi connectivity index (χ0) is 9.84. The van der Waals surface area contributed by atoms with Crippen LogP contribution in [-0.2, 0) is 6.42 Å². The van der Waals surface area contributed by atoms with Gasteiger partial charge < -0.3 is 9.84 Å². The molecule has 3 heteroatoms. The van der Waals surface area contributed by atoms with E-state index in [0.717, 1.165) is 15.8 Å². The molecule has 1 aromatic carbocycles. The molecule has 0 aliphatic carbocycles. The summed E-state index contributed by atoms with van der Waals surface area (Å²) in [4.78, 5) is 0. The van der Waals surface area contributed by atoms with Crippen molar-refractivity contribution in [3.63, 3.8) is 0 Å². The zero-order valence-corrected chi connectivity index (χ0v) is 9.34. The van der Waals surface area contributed by atoms with Gasteiger partial charge in [-0.05, 0) is 24.6 Å². The molecule has 1 atom stereocenters. The molecule has 0 aliphatic rings. The van der Waals surface area contributed by atoms with Crippen LogP contribution in [0.3, 0.4) is 0 Å². The number of methoxy groups -OCH3 is 1. The highest BCUT2D eigenvalue weighted by atomic mass is 79.9. The third-order valence-electron chi connectivity index (χ3n) is 1.76. The standard InChI is InChI=1S/C10H13BrO2/c1-7(12)5-8-3-4-9(11)6-10(8)13-2/h3-4,6-7,12H,5H2,1-2H3/t7-/m0/s1. The Bertz CT molecular complexity index is 284. The van der Waals surface area contributed by atoms with E-state index >= 15 is 0 Å². The summed E-state index contributed by atoms with van der Waals surface area (Å²) in [5, 5.41) is 9.23. The summed E-state index contributed by atoms with van der Waals surface area (Å²) in [6.07, 6.45) is 0.284. The van der Waals surface area contributed by atoms with E-state index in [1.807, 2.05) is 18.2 Å². The Labute approximate surface area is 86.7 Å². The molecule has 1 rings (SSSR count). The van der Waals surface area contributed by atoms with E-state index in [0.29, 0.717) is 6.42 Å². The lowest BCUT2D eigenvalue weighted by Gasteiger charge is -2.10. The molecule has 0 aliphatic heterocycles. The van der Waals surface area contributed by atoms with Crippen LogP contribution in [-0.4, -0.2) is 18.3 Å². The van der Waals surface area contributed by atoms with Crippen molar-refractivity contribution in [3.8, 4) is 5.75 Å². The summed E-state index contributed by atoms with van der Waals surface area (Å²) >= 11 is 3.36. The Morgan fingerprint density at radius 2 is 2.23 bits per heavy atom. The number of ether oxygens (including phenoxy) is 1. The molecule has 0 aromatic heterocycles. The van der Waals surface area contributed by atoms with Crippen molar-refractivity contribution in [2.24, 2.45) is 0 Å². The summed E-state index contributed by atoms with van der Waals surface area (Å²) in [6, 6.07) is 5.80. The highest BCUT2D eigenvalue weighted by Gasteiger charge is 2.05. The van der Waals surface area contributed by atoms with Crippen LogP contribution in [0.2, 0.25) is 0 Å². The lowest BCUT2D eigenvalue weighted by Crippen LogP contribution is -2.05. The third kappa shape index (κ3) is 3.01. The number of hydrogen-bond donors (Lipinski definition) is 1. The van der Waals surface area contributed by atoms with Gasteiger partial charge in [-0.25, -0.2) is 0 Å². The first-order chi connectivity index (χ1) is 6.13. The predicted octanol–water partition coefficient (Wildman–Crippen LogP) is 2.38. The SMILES string of the molecule is COc1cc(Br)ccc1C[C@H](C)O. The first-order valence-corrected chi connectivity index (χ1v) is 4.93. The molecule has 0 radical (unpaired) electrons. The van der Waals surface area contributed by atoms with E-state index in [9.17, 15) is 5.11 Å². The molecular formula is C10H13BrO2. The van der Waals surface area contributed by atoms with Crippen LogP contribution < -0.4 is 4.74 Å². The van der Waals surface area contributed by atoms with Gasteiger partial charge in [-0.3, -0.25) is 0 Å². The maximum absolute atomic E-state index is 9.23. The molecule has 2 nitrogen and oxygen atoms in total. The Morgan fingerprint density at radius 1 is 1.54 bits per heavy atom. The molecule has 0 spiro atoms. The number of halogens is 1. The average Bonchev–Trinajstić information content (AvgIpc) is 2.07. The van der Waals surface area contributed by atoms with Gasteiger partial charge in [-0.1, -0.05) is 22.0 Å². The van der Waals surface area contributed by atoms with Gasteiger partial charge in [-0.15, -0.1) is 0 Å². The Hall–Kier alpha value is -0.540. The molecule has 0 unspecified atom stereocenters. The summed E-state index contributed by atoms with van der Waals surface area (Å²) in [6.45, 7) is 1.77. The van der Waals surface area contributed by atoms with Gasteiger partial charge in [0.2, 0.25) is 0 Å². The molecule has 0 saturated heterocycles. The van der Waals surface area contributed by atoms with Crippen molar-refractivity contribution in [1.82, 2.24) is 0 Å². The minimum absolute atomic E-state index is 0.338. The van der Waals surface area contributed by atoms with Crippen molar-refractivity contribution < 1.29 is 9.84 Å². The minimum atomic E-state index is -0.338. The van der Waals surface area contributed by atoms with E-state index in [4.69, 9.17) is 4.74 Å². The maximum atomic E-state index is 9.23. The smallest absolute Gasteiger partial charge is 0.123 e. The summed E-state index contributed by atoms with van der Waals surface area (Å²) < 4.78 is 6.17. The van der Waals surface area contributed by atoms with Gasteiger partial charge in [0.15, 0.2) is 0 Å². The predicted molar refractivity (Wildman–Crippen MR) is 56.1 cm³/mol. The highest BCUT2D eigenvalue weighted by Crippen LogP contribution is 2.24. The van der Waals surface area contributed by atoms with Crippen molar-refractivity contribution in [2.75, 3.05) is 7.11 Å². The number of aliphatic hydroxyl groups excluding tert-OH is 1. The average molecular weight is 245 g/mol. The van der Waals surface area contributed by atoms with Crippen LogP contribution in [0.4, 0.5) is 0 Å². The maximum Gasteiger partial charge on any atom is 0.123 e. The summed E-state index contributed by atoms with van der Waals surface area (Å²) in [5.41, 5.74) is 1.03. The number of aliphatic hydroxyl groups is 1. The van der Waals surface area contributed by atoms with E-state index in [-0.39, 0.29) is 6.10 Å². The van der Waals surface area contributed by atoms with Gasteiger partial charge in [-0.2, -0.15) is 0 Å². The molecule has 0 fully saturated rings. The van der Waals surface area contributed by atoms with Crippen LogP contribution in [0.15, 0.2) is 22.7 Å². The van der Waals surface area contributed by atoms with Crippen LogP contribution in [0.1, 0.15) is 12.5 Å². The fraction of sp³-hybridized carbons (Fsp3) is 0.400. The quantitative estimate of drug-likeness (QED) is 0.885. The molecular weight excluding hydrogens is 232 g/mol. The number of rotatable bonds is 3. The van der Waals surface area contributed by atoms with Crippen LogP contribution >= 0.6 is 15.9 Å². The van der Waals surface area contributed by atoms with Gasteiger partial charge in [0.1, 0.15) is 5.75 Å². The fourth-order valence-electron chi connectivity index (χ4n) is 1.21. The summed E-state index contributed by atoms with van der Waals surface area (Å²) in [7, 11) is 1.63. The Kier molecular flexibility index (Phi) is 3.75. The van der Waals surface area contributed by atoms with Crippen molar-refractivity contribution >= 4 is 15.9 Å². The normalized spacial score (nSPS) is 12.6. The highest BCUT2D eigenvalue weighted by molar-refractivity contribution is 9.10. The lowest BCUT2D eigenvalue weighted by atomic mass is 10.1. The molecule has 0 amide bonds. The Balaban J connectivity index is 2.92. The van der Waals surface area contributed by atoms with E-state index in [2.05, 4.69) is 15.9 Å². The largest absolute Gasteiger partial charge is 0.496 e. The molecule has 72 valence electrons. The molecule has 1 aromatic rings. The van der Waals surface area contributed by atoms with E-state index in [1.54, 1.807) is 14.0 Å². The second-order valence-corrected chi connectivity index (χ2v) is 3.92. The number of hydrogen-bond acceptors (Lipinski definition) is 2. The lowest BCUT2D eigenvalue weighted by molar-refractivity contribution is 0.194. The molecule has 1 N–H and O–H groups in total. The zero-order valence-electron chi connectivity index (χ0n) is 7.75. The summed E-state index contributed by atoms with van der Waals surface area (Å²) in [5.74, 6) is 0.815. The fourth-order valence-corrected chi connectivity index (χ4v) is 1.55. The van der Waals surface area contributed by atoms with Crippen molar-refractivity contribution in [1.29, 1.82) is 0 Å².